The molecule has 0 atom stereocenters. The number of nitrogens with zero attached hydrogens (tertiary/aromatic N) is 2. The molecule has 5 heteroatoms. The van der Waals surface area contributed by atoms with E-state index < -0.39 is 0 Å². The largest absolute Gasteiger partial charge is 0.504 e. The number of phenolic OH excluding ortho intramolecular Hbond substituents is 2. The van der Waals surface area contributed by atoms with Crippen LogP contribution in [0.25, 0.3) is 0 Å². The molecule has 19 heavy (non-hydrogen) atoms. The molecule has 0 fully saturated rings. The summed E-state index contributed by atoms with van der Waals surface area (Å²) in [7, 11) is 0. The summed E-state index contributed by atoms with van der Waals surface area (Å²) in [5, 5.41) is 22.2. The second-order valence-electron chi connectivity index (χ2n) is 4.47. The van der Waals surface area contributed by atoms with Gasteiger partial charge in [0.2, 0.25) is 0 Å². The highest BCUT2D eigenvalue weighted by molar-refractivity contribution is 5.44. The minimum Gasteiger partial charge on any atom is -0.504 e. The predicted octanol–water partition coefficient (Wildman–Crippen LogP) is 1.86. The maximum absolute atomic E-state index is 9.62. The van der Waals surface area contributed by atoms with Crippen molar-refractivity contribution in [3.05, 3.63) is 42.5 Å². The Bertz CT molecular complexity index is 497. The molecule has 1 heterocycles. The van der Waals surface area contributed by atoms with Gasteiger partial charge in [0.25, 0.3) is 0 Å². The van der Waals surface area contributed by atoms with Gasteiger partial charge in [0.15, 0.2) is 11.5 Å². The Kier molecular flexibility index (Phi) is 4.80. The summed E-state index contributed by atoms with van der Waals surface area (Å²) in [6.45, 7) is 2.41. The van der Waals surface area contributed by atoms with Gasteiger partial charge >= 0.3 is 0 Å². The molecule has 0 spiro atoms. The molecule has 0 amide bonds. The normalized spacial score (nSPS) is 10.7. The molecule has 0 radical (unpaired) electrons. The van der Waals surface area contributed by atoms with Gasteiger partial charge in [0.05, 0.1) is 6.33 Å². The van der Waals surface area contributed by atoms with Crippen molar-refractivity contribution in [2.75, 3.05) is 6.54 Å². The first-order chi connectivity index (χ1) is 9.27. The number of hydrogen-bond donors (Lipinski definition) is 3. The van der Waals surface area contributed by atoms with E-state index in [1.165, 1.54) is 6.07 Å². The third kappa shape index (κ3) is 3.99. The maximum Gasteiger partial charge on any atom is 0.161 e. The van der Waals surface area contributed by atoms with Crippen molar-refractivity contribution in [2.24, 2.45) is 0 Å². The van der Waals surface area contributed by atoms with Crippen LogP contribution in [-0.2, 0) is 13.1 Å². The Morgan fingerprint density at radius 3 is 2.89 bits per heavy atom. The second kappa shape index (κ2) is 6.80. The molecule has 5 nitrogen and oxygen atoms in total. The summed E-state index contributed by atoms with van der Waals surface area (Å²) in [4.78, 5) is 3.99. The second-order valence-corrected chi connectivity index (χ2v) is 4.47. The van der Waals surface area contributed by atoms with Crippen LogP contribution < -0.4 is 5.32 Å². The number of para-hydroxylation sites is 1. The van der Waals surface area contributed by atoms with E-state index in [-0.39, 0.29) is 11.5 Å². The fourth-order valence-corrected chi connectivity index (χ4v) is 1.91. The van der Waals surface area contributed by atoms with Crippen molar-refractivity contribution in [2.45, 2.75) is 25.9 Å². The minimum atomic E-state index is -0.0700. The molecule has 1 aromatic carbocycles. The average Bonchev–Trinajstić information content (AvgIpc) is 2.91. The molecule has 1 aromatic heterocycles. The number of nitrogens with one attached hydrogen (secondary N) is 1. The molecule has 0 unspecified atom stereocenters. The van der Waals surface area contributed by atoms with Gasteiger partial charge in [0.1, 0.15) is 0 Å². The summed E-state index contributed by atoms with van der Waals surface area (Å²) in [5.41, 5.74) is 0.717. The van der Waals surface area contributed by atoms with Crippen LogP contribution in [0.4, 0.5) is 0 Å². The van der Waals surface area contributed by atoms with Gasteiger partial charge < -0.3 is 20.1 Å². The zero-order valence-electron chi connectivity index (χ0n) is 10.8. The topological polar surface area (TPSA) is 70.3 Å². The fraction of sp³-hybridized carbons (Fsp3) is 0.357. The third-order valence-corrected chi connectivity index (χ3v) is 2.99. The van der Waals surface area contributed by atoms with Crippen LogP contribution in [0.1, 0.15) is 18.4 Å². The molecule has 0 bridgehead atoms. The Hall–Kier alpha value is -2.01. The van der Waals surface area contributed by atoms with E-state index in [0.29, 0.717) is 6.54 Å². The zero-order valence-corrected chi connectivity index (χ0v) is 10.8. The summed E-state index contributed by atoms with van der Waals surface area (Å²) < 4.78 is 2.06. The SMILES string of the molecule is Oc1cccc(CNCCCCn2ccnc2)c1O. The molecule has 0 aliphatic heterocycles. The van der Waals surface area contributed by atoms with E-state index >= 15 is 0 Å². The van der Waals surface area contributed by atoms with Gasteiger partial charge in [-0.3, -0.25) is 0 Å². The number of rotatable bonds is 7. The van der Waals surface area contributed by atoms with Gasteiger partial charge in [-0.05, 0) is 25.5 Å². The highest BCUT2D eigenvalue weighted by atomic mass is 16.3. The number of imidazole rings is 1. The van der Waals surface area contributed by atoms with Crippen molar-refractivity contribution in [3.8, 4) is 11.5 Å². The van der Waals surface area contributed by atoms with Crippen molar-refractivity contribution in [1.82, 2.24) is 14.9 Å². The number of aromatic nitrogens is 2. The molecule has 2 rings (SSSR count). The molecule has 0 saturated carbocycles. The first kappa shape index (κ1) is 13.4. The highest BCUT2D eigenvalue weighted by Gasteiger charge is 2.04. The van der Waals surface area contributed by atoms with Gasteiger partial charge in [-0.1, -0.05) is 12.1 Å². The fourth-order valence-electron chi connectivity index (χ4n) is 1.91. The lowest BCUT2D eigenvalue weighted by Gasteiger charge is -2.08. The monoisotopic (exact) mass is 261 g/mol. The van der Waals surface area contributed by atoms with Crippen molar-refractivity contribution in [1.29, 1.82) is 0 Å². The average molecular weight is 261 g/mol. The number of unbranched alkanes of at least 4 members (excludes halogenated alkanes) is 1. The van der Waals surface area contributed by atoms with Crippen LogP contribution in [0.5, 0.6) is 11.5 Å². The molecule has 0 aliphatic rings. The number of aromatic hydroxyl groups is 2. The van der Waals surface area contributed by atoms with Crippen molar-refractivity contribution < 1.29 is 10.2 Å². The van der Waals surface area contributed by atoms with Gasteiger partial charge in [-0.25, -0.2) is 4.98 Å². The number of phenols is 2. The minimum absolute atomic E-state index is 0.0339. The summed E-state index contributed by atoms with van der Waals surface area (Å²) in [5.74, 6) is -0.104. The summed E-state index contributed by atoms with van der Waals surface area (Å²) in [6.07, 6.45) is 7.69. The molecular formula is C14H19N3O2. The molecular weight excluding hydrogens is 242 g/mol. The predicted molar refractivity (Wildman–Crippen MR) is 72.9 cm³/mol. The van der Waals surface area contributed by atoms with Crippen LogP contribution in [-0.4, -0.2) is 26.3 Å². The van der Waals surface area contributed by atoms with Crippen LogP contribution in [0, 0.1) is 0 Å². The van der Waals surface area contributed by atoms with Gasteiger partial charge in [-0.2, -0.15) is 0 Å². The van der Waals surface area contributed by atoms with E-state index in [2.05, 4.69) is 14.9 Å². The smallest absolute Gasteiger partial charge is 0.161 e. The number of aryl methyl sites for hydroxylation is 1. The summed E-state index contributed by atoms with van der Waals surface area (Å²) in [6, 6.07) is 5.00. The van der Waals surface area contributed by atoms with E-state index in [4.69, 9.17) is 0 Å². The maximum atomic E-state index is 9.62. The highest BCUT2D eigenvalue weighted by Crippen LogP contribution is 2.27. The van der Waals surface area contributed by atoms with Crippen LogP contribution in [0.2, 0.25) is 0 Å². The first-order valence-corrected chi connectivity index (χ1v) is 6.43. The Balaban J connectivity index is 1.63. The molecule has 3 N–H and O–H groups in total. The van der Waals surface area contributed by atoms with Crippen molar-refractivity contribution in [3.63, 3.8) is 0 Å². The number of hydrogen-bond acceptors (Lipinski definition) is 4. The van der Waals surface area contributed by atoms with Crippen LogP contribution >= 0.6 is 0 Å². The zero-order chi connectivity index (χ0) is 13.5. The van der Waals surface area contributed by atoms with E-state index in [9.17, 15) is 10.2 Å². The van der Waals surface area contributed by atoms with E-state index in [1.54, 1.807) is 18.3 Å². The van der Waals surface area contributed by atoms with E-state index in [1.807, 2.05) is 12.5 Å². The third-order valence-electron chi connectivity index (χ3n) is 2.99. The molecule has 0 saturated heterocycles. The quantitative estimate of drug-likeness (QED) is 0.525. The van der Waals surface area contributed by atoms with Crippen molar-refractivity contribution >= 4 is 0 Å². The van der Waals surface area contributed by atoms with Gasteiger partial charge in [-0.15, -0.1) is 0 Å². The Morgan fingerprint density at radius 1 is 1.21 bits per heavy atom. The standard InChI is InChI=1S/C14H19N3O2/c18-13-5-3-4-12(14(13)19)10-15-6-1-2-8-17-9-7-16-11-17/h3-5,7,9,11,15,18-19H,1-2,6,8,10H2. The van der Waals surface area contributed by atoms with Gasteiger partial charge in [0, 0.05) is 31.0 Å². The lowest BCUT2D eigenvalue weighted by Crippen LogP contribution is -2.15. The lowest BCUT2D eigenvalue weighted by atomic mass is 10.2. The number of benzene rings is 1. The van der Waals surface area contributed by atoms with E-state index in [0.717, 1.165) is 31.5 Å². The Labute approximate surface area is 112 Å². The summed E-state index contributed by atoms with van der Waals surface area (Å²) >= 11 is 0. The lowest BCUT2D eigenvalue weighted by molar-refractivity contribution is 0.397. The molecule has 2 aromatic rings. The van der Waals surface area contributed by atoms with Crippen LogP contribution in [0.3, 0.4) is 0 Å². The molecule has 102 valence electrons. The first-order valence-electron chi connectivity index (χ1n) is 6.43. The molecule has 0 aliphatic carbocycles. The van der Waals surface area contributed by atoms with Crippen LogP contribution in [0.15, 0.2) is 36.9 Å². The Morgan fingerprint density at radius 2 is 2.11 bits per heavy atom.